The molecule has 1 unspecified atom stereocenters. The molecular formula is C19H33N3O4. The molecule has 1 aliphatic rings. The third kappa shape index (κ3) is 5.22. The quantitative estimate of drug-likeness (QED) is 0.504. The summed E-state index contributed by atoms with van der Waals surface area (Å²) in [6.07, 6.45) is 1.70. The maximum atomic E-state index is 10.8. The number of aryl methyl sites for hydroxylation is 2. The van der Waals surface area contributed by atoms with Crippen LogP contribution in [0.3, 0.4) is 0 Å². The molecule has 148 valence electrons. The first-order valence-corrected chi connectivity index (χ1v) is 9.27. The monoisotopic (exact) mass is 367 g/mol. The van der Waals surface area contributed by atoms with Crippen molar-refractivity contribution in [1.82, 2.24) is 10.6 Å². The van der Waals surface area contributed by atoms with E-state index in [-0.39, 0.29) is 12.1 Å². The second kappa shape index (κ2) is 8.88. The topological polar surface area (TPSA) is 88.3 Å². The number of aliphatic imine (C=N–C) groups is 1. The van der Waals surface area contributed by atoms with E-state index < -0.39 is 5.60 Å². The first kappa shape index (κ1) is 20.7. The van der Waals surface area contributed by atoms with Gasteiger partial charge >= 0.3 is 0 Å². The number of nitrogens with one attached hydrogen (secondary N) is 2. The van der Waals surface area contributed by atoms with Crippen LogP contribution in [-0.2, 0) is 15.1 Å². The highest BCUT2D eigenvalue weighted by atomic mass is 16.5. The van der Waals surface area contributed by atoms with Crippen LogP contribution in [-0.4, -0.2) is 56.6 Å². The van der Waals surface area contributed by atoms with Crippen molar-refractivity contribution in [3.8, 4) is 0 Å². The van der Waals surface area contributed by atoms with Gasteiger partial charge in [0.25, 0.3) is 0 Å². The van der Waals surface area contributed by atoms with Crippen molar-refractivity contribution in [2.24, 2.45) is 4.99 Å². The number of aliphatic hydroxyl groups is 1. The highest BCUT2D eigenvalue weighted by Crippen LogP contribution is 2.27. The minimum absolute atomic E-state index is 0.227. The largest absolute Gasteiger partial charge is 0.466 e. The van der Waals surface area contributed by atoms with Crippen molar-refractivity contribution in [3.05, 3.63) is 23.2 Å². The van der Waals surface area contributed by atoms with Gasteiger partial charge < -0.3 is 29.6 Å². The van der Waals surface area contributed by atoms with E-state index in [1.807, 2.05) is 26.8 Å². The second-order valence-electron chi connectivity index (χ2n) is 7.15. The molecule has 7 heteroatoms. The maximum absolute atomic E-state index is 10.8. The Labute approximate surface area is 156 Å². The highest BCUT2D eigenvalue weighted by Gasteiger charge is 2.33. The van der Waals surface area contributed by atoms with Gasteiger partial charge in [0.05, 0.1) is 12.1 Å². The third-order valence-corrected chi connectivity index (χ3v) is 4.93. The Morgan fingerprint density at radius 2 is 2.04 bits per heavy atom. The lowest BCUT2D eigenvalue weighted by atomic mass is 9.94. The number of nitrogens with zero attached hydrogens (tertiary/aromatic N) is 1. The molecule has 3 N–H and O–H groups in total. The lowest BCUT2D eigenvalue weighted by Crippen LogP contribution is -2.51. The molecule has 0 saturated carbocycles. The van der Waals surface area contributed by atoms with Crippen LogP contribution in [0.1, 0.15) is 43.8 Å². The highest BCUT2D eigenvalue weighted by molar-refractivity contribution is 5.79. The van der Waals surface area contributed by atoms with Crippen LogP contribution in [0.2, 0.25) is 0 Å². The van der Waals surface area contributed by atoms with Crippen LogP contribution in [0.25, 0.3) is 0 Å². The van der Waals surface area contributed by atoms with E-state index in [4.69, 9.17) is 13.9 Å². The lowest BCUT2D eigenvalue weighted by molar-refractivity contribution is -0.0855. The number of furan rings is 1. The van der Waals surface area contributed by atoms with Crippen LogP contribution in [0.5, 0.6) is 0 Å². The molecule has 0 radical (unpaired) electrons. The molecule has 2 rings (SSSR count). The molecular weight excluding hydrogens is 334 g/mol. The van der Waals surface area contributed by atoms with Gasteiger partial charge in [-0.3, -0.25) is 0 Å². The molecule has 26 heavy (non-hydrogen) atoms. The average Bonchev–Trinajstić information content (AvgIpc) is 2.97. The molecule has 1 atom stereocenters. The SMILES string of the molecule is CCNC(=NCC(C)(O)c1cc(C)oc1C)NCC1(OC)CCOCC1. The molecule has 0 bridgehead atoms. The van der Waals surface area contributed by atoms with Crippen molar-refractivity contribution >= 4 is 5.96 Å². The fraction of sp³-hybridized carbons (Fsp3) is 0.737. The van der Waals surface area contributed by atoms with Gasteiger partial charge in [-0.15, -0.1) is 0 Å². The number of hydrogen-bond donors (Lipinski definition) is 3. The Bertz CT molecular complexity index is 604. The van der Waals surface area contributed by atoms with Crippen LogP contribution >= 0.6 is 0 Å². The summed E-state index contributed by atoms with van der Waals surface area (Å²) in [5.74, 6) is 2.17. The summed E-state index contributed by atoms with van der Waals surface area (Å²) in [7, 11) is 1.74. The zero-order valence-corrected chi connectivity index (χ0v) is 16.6. The predicted molar refractivity (Wildman–Crippen MR) is 102 cm³/mol. The first-order valence-electron chi connectivity index (χ1n) is 9.27. The Hall–Kier alpha value is -1.57. The second-order valence-corrected chi connectivity index (χ2v) is 7.15. The lowest BCUT2D eigenvalue weighted by Gasteiger charge is -2.36. The van der Waals surface area contributed by atoms with Gasteiger partial charge in [0, 0.05) is 51.8 Å². The fourth-order valence-corrected chi connectivity index (χ4v) is 3.27. The Morgan fingerprint density at radius 1 is 1.35 bits per heavy atom. The van der Waals surface area contributed by atoms with Crippen molar-refractivity contribution in [2.75, 3.05) is 40.0 Å². The van der Waals surface area contributed by atoms with Crippen molar-refractivity contribution in [3.63, 3.8) is 0 Å². The Morgan fingerprint density at radius 3 is 2.58 bits per heavy atom. The van der Waals surface area contributed by atoms with Gasteiger partial charge in [-0.05, 0) is 33.8 Å². The van der Waals surface area contributed by atoms with Crippen molar-refractivity contribution in [1.29, 1.82) is 0 Å². The fourth-order valence-electron chi connectivity index (χ4n) is 3.27. The number of rotatable bonds is 7. The summed E-state index contributed by atoms with van der Waals surface area (Å²) >= 11 is 0. The molecule has 0 aliphatic carbocycles. The summed E-state index contributed by atoms with van der Waals surface area (Å²) in [4.78, 5) is 4.58. The number of ether oxygens (including phenoxy) is 2. The van der Waals surface area contributed by atoms with Gasteiger partial charge in [0.1, 0.15) is 17.1 Å². The smallest absolute Gasteiger partial charge is 0.191 e. The summed E-state index contributed by atoms with van der Waals surface area (Å²) in [5, 5.41) is 17.4. The molecule has 2 heterocycles. The van der Waals surface area contributed by atoms with E-state index in [0.29, 0.717) is 25.7 Å². The van der Waals surface area contributed by atoms with Gasteiger partial charge in [0.15, 0.2) is 5.96 Å². The van der Waals surface area contributed by atoms with Crippen molar-refractivity contribution < 1.29 is 19.0 Å². The molecule has 1 aromatic rings. The molecule has 1 aliphatic heterocycles. The summed E-state index contributed by atoms with van der Waals surface area (Å²) in [6, 6.07) is 1.87. The Kier molecular flexibility index (Phi) is 7.08. The molecule has 1 fully saturated rings. The van der Waals surface area contributed by atoms with Crippen LogP contribution in [0.4, 0.5) is 0 Å². The van der Waals surface area contributed by atoms with Crippen LogP contribution in [0, 0.1) is 13.8 Å². The standard InChI is InChI=1S/C19H33N3O4/c1-6-20-17(22-13-19(24-5)7-9-25-10-8-19)21-12-18(4,23)16-11-14(2)26-15(16)3/h11,23H,6-10,12-13H2,1-5H3,(H2,20,21,22). The summed E-state index contributed by atoms with van der Waals surface area (Å²) in [6.45, 7) is 10.5. The minimum atomic E-state index is -1.10. The van der Waals surface area contributed by atoms with E-state index in [9.17, 15) is 5.11 Å². The maximum Gasteiger partial charge on any atom is 0.191 e. The normalized spacial score (nSPS) is 19.8. The van der Waals surface area contributed by atoms with Crippen molar-refractivity contribution in [2.45, 2.75) is 51.7 Å². The Balaban J connectivity index is 2.04. The summed E-state index contributed by atoms with van der Waals surface area (Å²) in [5.41, 5.74) is -0.566. The number of guanidine groups is 1. The molecule has 1 aromatic heterocycles. The molecule has 1 saturated heterocycles. The molecule has 7 nitrogen and oxygen atoms in total. The summed E-state index contributed by atoms with van der Waals surface area (Å²) < 4.78 is 16.7. The van der Waals surface area contributed by atoms with E-state index in [1.54, 1.807) is 14.0 Å². The van der Waals surface area contributed by atoms with E-state index in [0.717, 1.165) is 36.5 Å². The van der Waals surface area contributed by atoms with Gasteiger partial charge in [-0.1, -0.05) is 0 Å². The van der Waals surface area contributed by atoms with Gasteiger partial charge in [-0.2, -0.15) is 0 Å². The van der Waals surface area contributed by atoms with Gasteiger partial charge in [-0.25, -0.2) is 4.99 Å². The average molecular weight is 367 g/mol. The van der Waals surface area contributed by atoms with Crippen LogP contribution < -0.4 is 10.6 Å². The van der Waals surface area contributed by atoms with Crippen LogP contribution in [0.15, 0.2) is 15.5 Å². The zero-order valence-electron chi connectivity index (χ0n) is 16.6. The van der Waals surface area contributed by atoms with E-state index in [2.05, 4.69) is 15.6 Å². The van der Waals surface area contributed by atoms with E-state index in [1.165, 1.54) is 0 Å². The van der Waals surface area contributed by atoms with Gasteiger partial charge in [0.2, 0.25) is 0 Å². The van der Waals surface area contributed by atoms with E-state index >= 15 is 0 Å². The number of methoxy groups -OCH3 is 1. The minimum Gasteiger partial charge on any atom is -0.466 e. The zero-order chi connectivity index (χ0) is 19.2. The molecule has 0 spiro atoms. The number of hydrogen-bond acceptors (Lipinski definition) is 5. The molecule has 0 aromatic carbocycles. The predicted octanol–water partition coefficient (Wildman–Crippen LogP) is 1.85. The first-order chi connectivity index (χ1) is 12.3. The third-order valence-electron chi connectivity index (χ3n) is 4.93. The molecule has 0 amide bonds.